The van der Waals surface area contributed by atoms with Crippen molar-refractivity contribution >= 4 is 18.0 Å². The van der Waals surface area contributed by atoms with Crippen LogP contribution in [0.5, 0.6) is 0 Å². The topological polar surface area (TPSA) is 95.9 Å². The number of fused-ring (bicyclic) bond motifs is 3. The van der Waals surface area contributed by atoms with Crippen molar-refractivity contribution in [3.63, 3.8) is 0 Å². The molecule has 4 rings (SSSR count). The number of carboxylic acid groups (broad SMARTS) is 1. The number of carbonyl (C=O) groups is 3. The molecule has 0 aromatic heterocycles. The summed E-state index contributed by atoms with van der Waals surface area (Å²) < 4.78 is 5.66. The summed E-state index contributed by atoms with van der Waals surface area (Å²) in [5.41, 5.74) is 3.67. The molecular weight excluding hydrogens is 444 g/mol. The first-order valence-electron chi connectivity index (χ1n) is 12.3. The number of benzene rings is 2. The molecule has 1 aliphatic heterocycles. The molecular formula is C28H34N2O5. The summed E-state index contributed by atoms with van der Waals surface area (Å²) in [7, 11) is 0. The lowest BCUT2D eigenvalue weighted by molar-refractivity contribution is -0.147. The molecule has 1 heterocycles. The van der Waals surface area contributed by atoms with Gasteiger partial charge in [0.05, 0.1) is 11.3 Å². The van der Waals surface area contributed by atoms with Crippen molar-refractivity contribution in [1.82, 2.24) is 10.2 Å². The molecule has 2 amide bonds. The van der Waals surface area contributed by atoms with E-state index in [4.69, 9.17) is 4.74 Å². The molecule has 7 nitrogen and oxygen atoms in total. The van der Waals surface area contributed by atoms with Gasteiger partial charge >= 0.3 is 12.1 Å². The molecule has 7 heteroatoms. The zero-order valence-corrected chi connectivity index (χ0v) is 20.8. The number of ether oxygens (including phenoxy) is 1. The van der Waals surface area contributed by atoms with E-state index < -0.39 is 29.4 Å². The second kappa shape index (κ2) is 9.72. The fraction of sp³-hybridized carbons (Fsp3) is 0.464. The van der Waals surface area contributed by atoms with Gasteiger partial charge in [0.1, 0.15) is 6.61 Å². The van der Waals surface area contributed by atoms with Crippen molar-refractivity contribution in [3.05, 3.63) is 59.7 Å². The van der Waals surface area contributed by atoms with E-state index in [1.165, 1.54) is 0 Å². The van der Waals surface area contributed by atoms with Crippen molar-refractivity contribution in [2.24, 2.45) is 17.3 Å². The van der Waals surface area contributed by atoms with Gasteiger partial charge in [-0.15, -0.1) is 0 Å². The minimum Gasteiger partial charge on any atom is -0.481 e. The predicted molar refractivity (Wildman–Crippen MR) is 133 cm³/mol. The number of rotatable bonds is 7. The Bertz CT molecular complexity index is 1080. The van der Waals surface area contributed by atoms with E-state index >= 15 is 0 Å². The summed E-state index contributed by atoms with van der Waals surface area (Å²) in [5.74, 6) is -1.57. The van der Waals surface area contributed by atoms with Gasteiger partial charge in [0, 0.05) is 25.0 Å². The number of amides is 2. The smallest absolute Gasteiger partial charge is 0.407 e. The minimum atomic E-state index is -0.930. The Morgan fingerprint density at radius 3 is 2.14 bits per heavy atom. The highest BCUT2D eigenvalue weighted by Crippen LogP contribution is 2.44. The van der Waals surface area contributed by atoms with Crippen LogP contribution < -0.4 is 5.32 Å². The van der Waals surface area contributed by atoms with E-state index in [1.54, 1.807) is 18.7 Å². The lowest BCUT2D eigenvalue weighted by Crippen LogP contribution is -2.49. The SMILES string of the molecule is CC(C)C(C(=O)N1CCC(C)(C(=O)O)C1)C(C)NC(=O)OCC1c2ccccc2-c2ccccc21. The number of hydrogen-bond acceptors (Lipinski definition) is 4. The van der Waals surface area contributed by atoms with Crippen LogP contribution in [0.15, 0.2) is 48.5 Å². The van der Waals surface area contributed by atoms with Crippen LogP contribution in [0.1, 0.15) is 51.2 Å². The van der Waals surface area contributed by atoms with Crippen molar-refractivity contribution in [3.8, 4) is 11.1 Å². The lowest BCUT2D eigenvalue weighted by atomic mass is 9.87. The number of carboxylic acids is 1. The van der Waals surface area contributed by atoms with E-state index in [9.17, 15) is 19.5 Å². The third-order valence-electron chi connectivity index (χ3n) is 7.53. The number of aliphatic carboxylic acids is 1. The largest absolute Gasteiger partial charge is 0.481 e. The molecule has 0 saturated carbocycles. The highest BCUT2D eigenvalue weighted by molar-refractivity contribution is 5.83. The standard InChI is InChI=1S/C28H34N2O5/c1-17(2)24(25(31)30-14-13-28(4,16-30)26(32)33)18(3)29-27(34)35-15-23-21-11-7-5-9-19(21)20-10-6-8-12-22(20)23/h5-12,17-18,23-24H,13-16H2,1-4H3,(H,29,34)(H,32,33). The molecule has 35 heavy (non-hydrogen) atoms. The summed E-state index contributed by atoms with van der Waals surface area (Å²) in [6, 6.07) is 15.8. The first-order chi connectivity index (χ1) is 16.6. The molecule has 0 spiro atoms. The van der Waals surface area contributed by atoms with Gasteiger partial charge in [-0.1, -0.05) is 62.4 Å². The van der Waals surface area contributed by atoms with Crippen LogP contribution in [0.3, 0.4) is 0 Å². The maximum absolute atomic E-state index is 13.3. The number of alkyl carbamates (subject to hydrolysis) is 1. The molecule has 2 aromatic rings. The molecule has 2 aliphatic rings. The van der Waals surface area contributed by atoms with Crippen molar-refractivity contribution in [2.45, 2.75) is 46.1 Å². The van der Waals surface area contributed by atoms with Gasteiger partial charge in [0.15, 0.2) is 0 Å². The molecule has 1 fully saturated rings. The number of nitrogens with zero attached hydrogens (tertiary/aromatic N) is 1. The highest BCUT2D eigenvalue weighted by Gasteiger charge is 2.44. The Morgan fingerprint density at radius 2 is 1.63 bits per heavy atom. The van der Waals surface area contributed by atoms with Crippen LogP contribution in [0.2, 0.25) is 0 Å². The highest BCUT2D eigenvalue weighted by atomic mass is 16.5. The Hall–Kier alpha value is -3.35. The summed E-state index contributed by atoms with van der Waals surface area (Å²) in [6.45, 7) is 8.14. The maximum Gasteiger partial charge on any atom is 0.407 e. The van der Waals surface area contributed by atoms with Gasteiger partial charge in [-0.25, -0.2) is 4.79 Å². The average Bonchev–Trinajstić information content (AvgIpc) is 3.37. The third-order valence-corrected chi connectivity index (χ3v) is 7.53. The van der Waals surface area contributed by atoms with Gasteiger partial charge in [-0.3, -0.25) is 9.59 Å². The summed E-state index contributed by atoms with van der Waals surface area (Å²) in [5, 5.41) is 12.4. The minimum absolute atomic E-state index is 0.0377. The van der Waals surface area contributed by atoms with Gasteiger partial charge in [0.25, 0.3) is 0 Å². The fourth-order valence-electron chi connectivity index (χ4n) is 5.53. The molecule has 3 unspecified atom stereocenters. The Labute approximate surface area is 206 Å². The van der Waals surface area contributed by atoms with E-state index in [1.807, 2.05) is 38.1 Å². The second-order valence-corrected chi connectivity index (χ2v) is 10.4. The second-order valence-electron chi connectivity index (χ2n) is 10.4. The summed E-state index contributed by atoms with van der Waals surface area (Å²) in [6.07, 6.45) is -0.137. The van der Waals surface area contributed by atoms with Crippen LogP contribution in [-0.2, 0) is 14.3 Å². The monoisotopic (exact) mass is 478 g/mol. The predicted octanol–water partition coefficient (Wildman–Crippen LogP) is 4.51. The van der Waals surface area contributed by atoms with Gasteiger partial charge in [-0.05, 0) is 48.4 Å². The number of likely N-dealkylation sites (tertiary alicyclic amines) is 1. The molecule has 3 atom stereocenters. The Kier molecular flexibility index (Phi) is 6.88. The summed E-state index contributed by atoms with van der Waals surface area (Å²) >= 11 is 0. The normalized spacial score (nSPS) is 20.8. The van der Waals surface area contributed by atoms with Crippen molar-refractivity contribution in [2.75, 3.05) is 19.7 Å². The third kappa shape index (κ3) is 4.77. The van der Waals surface area contributed by atoms with Crippen LogP contribution in [0, 0.1) is 17.3 Å². The fourth-order valence-corrected chi connectivity index (χ4v) is 5.53. The molecule has 0 bridgehead atoms. The average molecular weight is 479 g/mol. The molecule has 2 aromatic carbocycles. The number of carbonyl (C=O) groups excluding carboxylic acids is 2. The lowest BCUT2D eigenvalue weighted by Gasteiger charge is -2.31. The van der Waals surface area contributed by atoms with Gasteiger partial charge < -0.3 is 20.1 Å². The zero-order chi connectivity index (χ0) is 25.3. The van der Waals surface area contributed by atoms with Gasteiger partial charge in [0.2, 0.25) is 5.91 Å². The van der Waals surface area contributed by atoms with Crippen LogP contribution in [0.4, 0.5) is 4.79 Å². The first-order valence-corrected chi connectivity index (χ1v) is 12.3. The van der Waals surface area contributed by atoms with Crippen molar-refractivity contribution < 1.29 is 24.2 Å². The summed E-state index contributed by atoms with van der Waals surface area (Å²) in [4.78, 5) is 39.3. The van der Waals surface area contributed by atoms with Crippen molar-refractivity contribution in [1.29, 1.82) is 0 Å². The van der Waals surface area contributed by atoms with E-state index in [0.29, 0.717) is 13.0 Å². The van der Waals surface area contributed by atoms with Crippen LogP contribution in [0.25, 0.3) is 11.1 Å². The van der Waals surface area contributed by atoms with Gasteiger partial charge in [-0.2, -0.15) is 0 Å². The molecule has 0 radical (unpaired) electrons. The van der Waals surface area contributed by atoms with E-state index in [2.05, 4.69) is 29.6 Å². The Balaban J connectivity index is 1.39. The maximum atomic E-state index is 13.3. The first kappa shape index (κ1) is 24.8. The quantitative estimate of drug-likeness (QED) is 0.611. The Morgan fingerprint density at radius 1 is 1.06 bits per heavy atom. The zero-order valence-electron chi connectivity index (χ0n) is 20.8. The number of hydrogen-bond donors (Lipinski definition) is 2. The van der Waals surface area contributed by atoms with E-state index in [-0.39, 0.29) is 30.9 Å². The molecule has 186 valence electrons. The molecule has 1 aliphatic carbocycles. The number of nitrogens with one attached hydrogen (secondary N) is 1. The molecule has 2 N–H and O–H groups in total. The molecule has 1 saturated heterocycles. The van der Waals surface area contributed by atoms with Crippen LogP contribution in [-0.4, -0.2) is 53.7 Å². The van der Waals surface area contributed by atoms with E-state index in [0.717, 1.165) is 22.3 Å². The van der Waals surface area contributed by atoms with Crippen LogP contribution >= 0.6 is 0 Å².